The number of carbonyl (C=O) groups excluding carboxylic acids is 1. The van der Waals surface area contributed by atoms with E-state index < -0.39 is 0 Å². The van der Waals surface area contributed by atoms with Crippen molar-refractivity contribution in [2.45, 2.75) is 37.6 Å². The number of carbonyl (C=O) groups is 1. The molecule has 1 aromatic heterocycles. The number of anilines is 1. The van der Waals surface area contributed by atoms with Gasteiger partial charge >= 0.3 is 0 Å². The third kappa shape index (κ3) is 5.58. The summed E-state index contributed by atoms with van der Waals surface area (Å²) in [4.78, 5) is 16.5. The van der Waals surface area contributed by atoms with Crippen molar-refractivity contribution < 1.29 is 4.79 Å². The first-order valence-corrected chi connectivity index (χ1v) is 6.74. The zero-order valence-corrected chi connectivity index (χ0v) is 11.1. The van der Waals surface area contributed by atoms with Gasteiger partial charge in [-0.3, -0.25) is 4.79 Å². The minimum Gasteiger partial charge on any atom is -0.384 e. The lowest BCUT2D eigenvalue weighted by atomic mass is 10.2. The minimum absolute atomic E-state index is 0.0628. The molecule has 0 aliphatic carbocycles. The molecule has 1 rings (SSSR count). The minimum atomic E-state index is 0.0628. The molecule has 1 amide bonds. The molecule has 94 valence electrons. The van der Waals surface area contributed by atoms with E-state index in [2.05, 4.69) is 17.2 Å². The standard InChI is InChI=1S/C12H19N3OS/c1-3-4-9(2)15-12(16)8-17-10-5-6-11(13)14-7-10/h5-7,9H,3-4,8H2,1-2H3,(H2,13,14)(H,15,16). The van der Waals surface area contributed by atoms with Gasteiger partial charge in [0.05, 0.1) is 5.75 Å². The third-order valence-electron chi connectivity index (χ3n) is 2.26. The van der Waals surface area contributed by atoms with Crippen LogP contribution in [0.25, 0.3) is 0 Å². The van der Waals surface area contributed by atoms with Crippen LogP contribution in [0.5, 0.6) is 0 Å². The van der Waals surface area contributed by atoms with E-state index in [0.29, 0.717) is 11.6 Å². The Morgan fingerprint density at radius 3 is 2.94 bits per heavy atom. The highest BCUT2D eigenvalue weighted by Gasteiger charge is 2.06. The summed E-state index contributed by atoms with van der Waals surface area (Å²) in [7, 11) is 0. The Morgan fingerprint density at radius 2 is 2.35 bits per heavy atom. The van der Waals surface area contributed by atoms with E-state index in [1.165, 1.54) is 11.8 Å². The smallest absolute Gasteiger partial charge is 0.230 e. The monoisotopic (exact) mass is 253 g/mol. The van der Waals surface area contributed by atoms with Crippen molar-refractivity contribution in [2.24, 2.45) is 0 Å². The Kier molecular flexibility index (Phi) is 5.83. The predicted octanol–water partition coefficient (Wildman–Crippen LogP) is 2.06. The van der Waals surface area contributed by atoms with E-state index in [-0.39, 0.29) is 11.9 Å². The summed E-state index contributed by atoms with van der Waals surface area (Å²) in [6.45, 7) is 4.13. The molecule has 1 unspecified atom stereocenters. The van der Waals surface area contributed by atoms with Gasteiger partial charge < -0.3 is 11.1 Å². The molecule has 1 atom stereocenters. The van der Waals surface area contributed by atoms with Crippen molar-refractivity contribution in [3.8, 4) is 0 Å². The van der Waals surface area contributed by atoms with Gasteiger partial charge in [-0.05, 0) is 25.5 Å². The number of amides is 1. The molecular weight excluding hydrogens is 234 g/mol. The Bertz CT molecular complexity index is 353. The fourth-order valence-corrected chi connectivity index (χ4v) is 2.12. The Hall–Kier alpha value is -1.23. The zero-order chi connectivity index (χ0) is 12.7. The lowest BCUT2D eigenvalue weighted by Crippen LogP contribution is -2.33. The van der Waals surface area contributed by atoms with Gasteiger partial charge in [0, 0.05) is 17.1 Å². The average Bonchev–Trinajstić information content (AvgIpc) is 2.28. The lowest BCUT2D eigenvalue weighted by Gasteiger charge is -2.12. The second kappa shape index (κ2) is 7.17. The topological polar surface area (TPSA) is 68.0 Å². The van der Waals surface area contributed by atoms with Crippen LogP contribution in [0.3, 0.4) is 0 Å². The van der Waals surface area contributed by atoms with Gasteiger partial charge in [0.2, 0.25) is 5.91 Å². The van der Waals surface area contributed by atoms with Crippen molar-refractivity contribution in [1.82, 2.24) is 10.3 Å². The number of hydrogen-bond acceptors (Lipinski definition) is 4. The summed E-state index contributed by atoms with van der Waals surface area (Å²) in [5.41, 5.74) is 5.48. The van der Waals surface area contributed by atoms with E-state index in [9.17, 15) is 4.79 Å². The molecule has 0 aliphatic heterocycles. The number of nitrogen functional groups attached to an aromatic ring is 1. The molecule has 1 heterocycles. The van der Waals surface area contributed by atoms with Gasteiger partial charge in [-0.1, -0.05) is 13.3 Å². The number of rotatable bonds is 6. The molecule has 0 radical (unpaired) electrons. The number of thioether (sulfide) groups is 1. The highest BCUT2D eigenvalue weighted by atomic mass is 32.2. The highest BCUT2D eigenvalue weighted by Crippen LogP contribution is 2.16. The fourth-order valence-electron chi connectivity index (χ4n) is 1.45. The maximum atomic E-state index is 11.6. The maximum Gasteiger partial charge on any atom is 0.230 e. The zero-order valence-electron chi connectivity index (χ0n) is 10.3. The molecule has 0 saturated carbocycles. The summed E-state index contributed by atoms with van der Waals surface area (Å²) in [6.07, 6.45) is 3.78. The first kappa shape index (κ1) is 13.8. The van der Waals surface area contributed by atoms with Gasteiger partial charge in [-0.25, -0.2) is 4.98 Å². The summed E-state index contributed by atoms with van der Waals surface area (Å²) in [5, 5.41) is 2.96. The van der Waals surface area contributed by atoms with E-state index in [0.717, 1.165) is 17.7 Å². The number of nitrogens with two attached hydrogens (primary N) is 1. The molecular formula is C12H19N3OS. The molecule has 0 saturated heterocycles. The molecule has 0 bridgehead atoms. The SMILES string of the molecule is CCCC(C)NC(=O)CSc1ccc(N)nc1. The molecule has 0 aliphatic rings. The van der Waals surface area contributed by atoms with Crippen LogP contribution < -0.4 is 11.1 Å². The second-order valence-corrected chi connectivity index (χ2v) is 5.01. The number of nitrogens with zero attached hydrogens (tertiary/aromatic N) is 1. The van der Waals surface area contributed by atoms with E-state index in [1.807, 2.05) is 13.0 Å². The van der Waals surface area contributed by atoms with Gasteiger partial charge in [0.15, 0.2) is 0 Å². The summed E-state index contributed by atoms with van der Waals surface area (Å²) in [5.74, 6) is 0.975. The van der Waals surface area contributed by atoms with E-state index in [4.69, 9.17) is 5.73 Å². The van der Waals surface area contributed by atoms with Crippen LogP contribution in [0.4, 0.5) is 5.82 Å². The molecule has 4 nitrogen and oxygen atoms in total. The lowest BCUT2D eigenvalue weighted by molar-refractivity contribution is -0.119. The normalized spacial score (nSPS) is 12.1. The summed E-state index contributed by atoms with van der Waals surface area (Å²) in [6, 6.07) is 3.85. The fraction of sp³-hybridized carbons (Fsp3) is 0.500. The van der Waals surface area contributed by atoms with Gasteiger partial charge in [0.1, 0.15) is 5.82 Å². The van der Waals surface area contributed by atoms with Crippen molar-refractivity contribution in [3.63, 3.8) is 0 Å². The molecule has 17 heavy (non-hydrogen) atoms. The van der Waals surface area contributed by atoms with Crippen LogP contribution in [0.2, 0.25) is 0 Å². The predicted molar refractivity (Wildman–Crippen MR) is 71.9 cm³/mol. The number of aromatic nitrogens is 1. The average molecular weight is 253 g/mol. The van der Waals surface area contributed by atoms with Crippen LogP contribution >= 0.6 is 11.8 Å². The van der Waals surface area contributed by atoms with Crippen molar-refractivity contribution in [3.05, 3.63) is 18.3 Å². The van der Waals surface area contributed by atoms with Gasteiger partial charge in [-0.2, -0.15) is 0 Å². The number of hydrogen-bond donors (Lipinski definition) is 2. The van der Waals surface area contributed by atoms with E-state index in [1.54, 1.807) is 12.3 Å². The quantitative estimate of drug-likeness (QED) is 0.761. The summed E-state index contributed by atoms with van der Waals surface area (Å²) >= 11 is 1.47. The van der Waals surface area contributed by atoms with Crippen LogP contribution in [-0.4, -0.2) is 22.7 Å². The second-order valence-electron chi connectivity index (χ2n) is 3.96. The Labute approximate surface area is 106 Å². The molecule has 5 heteroatoms. The van der Waals surface area contributed by atoms with Crippen LogP contribution in [-0.2, 0) is 4.79 Å². The van der Waals surface area contributed by atoms with Crippen molar-refractivity contribution in [2.75, 3.05) is 11.5 Å². The largest absolute Gasteiger partial charge is 0.384 e. The van der Waals surface area contributed by atoms with Gasteiger partial charge in [-0.15, -0.1) is 11.8 Å². The Balaban J connectivity index is 2.30. The van der Waals surface area contributed by atoms with Crippen molar-refractivity contribution in [1.29, 1.82) is 0 Å². The molecule has 0 aromatic carbocycles. The summed E-state index contributed by atoms with van der Waals surface area (Å²) < 4.78 is 0. The highest BCUT2D eigenvalue weighted by molar-refractivity contribution is 8.00. The molecule has 3 N–H and O–H groups in total. The number of pyridine rings is 1. The van der Waals surface area contributed by atoms with Crippen LogP contribution in [0.1, 0.15) is 26.7 Å². The maximum absolute atomic E-state index is 11.6. The van der Waals surface area contributed by atoms with Crippen LogP contribution in [0.15, 0.2) is 23.2 Å². The van der Waals surface area contributed by atoms with E-state index >= 15 is 0 Å². The Morgan fingerprint density at radius 1 is 1.59 bits per heavy atom. The van der Waals surface area contributed by atoms with Crippen molar-refractivity contribution >= 4 is 23.5 Å². The third-order valence-corrected chi connectivity index (χ3v) is 3.24. The molecule has 0 fully saturated rings. The molecule has 1 aromatic rings. The number of nitrogens with one attached hydrogen (secondary N) is 1. The molecule has 0 spiro atoms. The van der Waals surface area contributed by atoms with Gasteiger partial charge in [0.25, 0.3) is 0 Å². The first-order valence-electron chi connectivity index (χ1n) is 5.75. The first-order chi connectivity index (χ1) is 8.11. The van der Waals surface area contributed by atoms with Crippen LogP contribution in [0, 0.1) is 0 Å².